The number of thiophene rings is 1. The summed E-state index contributed by atoms with van der Waals surface area (Å²) < 4.78 is 16.2. The Kier molecular flexibility index (Phi) is 7.17. The first-order valence-corrected chi connectivity index (χ1v) is 12.0. The molecule has 0 saturated heterocycles. The lowest BCUT2D eigenvalue weighted by molar-refractivity contribution is 0.0728. The third kappa shape index (κ3) is 5.86. The average molecular weight is 502 g/mol. The number of nitrogens with zero attached hydrogens (tertiary/aromatic N) is 2. The minimum absolute atomic E-state index is 0.217. The van der Waals surface area contributed by atoms with Crippen LogP contribution in [-0.4, -0.2) is 29.2 Å². The fourth-order valence-electron chi connectivity index (χ4n) is 2.52. The van der Waals surface area contributed by atoms with Gasteiger partial charge in [-0.2, -0.15) is 0 Å². The lowest BCUT2D eigenvalue weighted by atomic mass is 10.2. The zero-order valence-corrected chi connectivity index (χ0v) is 19.4. The maximum absolute atomic E-state index is 12.3. The molecule has 168 valence electrons. The number of nitrogens with one attached hydrogen (secondary N) is 1. The van der Waals surface area contributed by atoms with E-state index in [2.05, 4.69) is 15.5 Å². The van der Waals surface area contributed by atoms with Gasteiger partial charge in [-0.15, -0.1) is 21.5 Å². The van der Waals surface area contributed by atoms with Gasteiger partial charge in [0.05, 0.1) is 23.3 Å². The van der Waals surface area contributed by atoms with Crippen LogP contribution in [0.4, 0.5) is 5.13 Å². The highest BCUT2D eigenvalue weighted by Crippen LogP contribution is 2.29. The van der Waals surface area contributed by atoms with Crippen molar-refractivity contribution in [1.82, 2.24) is 10.2 Å². The van der Waals surface area contributed by atoms with Crippen molar-refractivity contribution < 1.29 is 23.5 Å². The van der Waals surface area contributed by atoms with Crippen LogP contribution in [0.5, 0.6) is 11.5 Å². The molecular weight excluding hydrogens is 486 g/mol. The van der Waals surface area contributed by atoms with Gasteiger partial charge in [0.25, 0.3) is 5.91 Å². The third-order valence-corrected chi connectivity index (χ3v) is 6.93. The van der Waals surface area contributed by atoms with E-state index in [1.54, 1.807) is 30.3 Å². The molecular formula is C21H15N3O6S3. The van der Waals surface area contributed by atoms with Gasteiger partial charge in [-0.3, -0.25) is 14.9 Å². The fourth-order valence-corrected chi connectivity index (χ4v) is 4.77. The summed E-state index contributed by atoms with van der Waals surface area (Å²) in [6.45, 7) is 0. The first-order chi connectivity index (χ1) is 16.0. The highest BCUT2D eigenvalue weighted by Gasteiger charge is 2.15. The van der Waals surface area contributed by atoms with Crippen LogP contribution < -0.4 is 20.2 Å². The predicted octanol–water partition coefficient (Wildman–Crippen LogP) is 4.33. The molecule has 3 heterocycles. The standard InChI is InChI=1S/C21H15N3O6S3/c1-28-13-5-2-4-12(8-13)19(27)30-16-10-29-14(9-15(16)25)11-32-21-24-23-20(33-21)22-18(26)17-6-3-7-31-17/h2-10H,11H2,1H3,(H,22,23,26). The zero-order chi connectivity index (χ0) is 23.2. The Morgan fingerprint density at radius 2 is 2.06 bits per heavy atom. The van der Waals surface area contributed by atoms with Crippen LogP contribution in [0.2, 0.25) is 0 Å². The molecule has 0 radical (unpaired) electrons. The summed E-state index contributed by atoms with van der Waals surface area (Å²) in [5.41, 5.74) is -0.249. The van der Waals surface area contributed by atoms with Crippen LogP contribution in [-0.2, 0) is 5.75 Å². The molecule has 1 N–H and O–H groups in total. The van der Waals surface area contributed by atoms with E-state index in [1.807, 2.05) is 5.38 Å². The first-order valence-electron chi connectivity index (χ1n) is 9.31. The van der Waals surface area contributed by atoms with Crippen LogP contribution in [0.15, 0.2) is 67.7 Å². The molecule has 3 aromatic heterocycles. The minimum Gasteiger partial charge on any atom is -0.497 e. The minimum atomic E-state index is -0.700. The molecule has 1 amide bonds. The van der Waals surface area contributed by atoms with Gasteiger partial charge in [0.15, 0.2) is 4.34 Å². The van der Waals surface area contributed by atoms with Crippen LogP contribution >= 0.6 is 34.4 Å². The summed E-state index contributed by atoms with van der Waals surface area (Å²) in [6.07, 6.45) is 1.10. The highest BCUT2D eigenvalue weighted by molar-refractivity contribution is 8.00. The molecule has 0 saturated carbocycles. The second-order valence-corrected chi connectivity index (χ2v) is 9.44. The number of aromatic nitrogens is 2. The number of carbonyl (C=O) groups is 2. The fraction of sp³-hybridized carbons (Fsp3) is 0.0952. The van der Waals surface area contributed by atoms with Crippen molar-refractivity contribution in [3.63, 3.8) is 0 Å². The monoisotopic (exact) mass is 501 g/mol. The van der Waals surface area contributed by atoms with E-state index >= 15 is 0 Å². The maximum atomic E-state index is 12.3. The Morgan fingerprint density at radius 3 is 2.82 bits per heavy atom. The summed E-state index contributed by atoms with van der Waals surface area (Å²) in [4.78, 5) is 37.3. The van der Waals surface area contributed by atoms with E-state index in [4.69, 9.17) is 13.9 Å². The molecule has 1 aromatic carbocycles. The van der Waals surface area contributed by atoms with Gasteiger partial charge in [0.2, 0.25) is 16.3 Å². The summed E-state index contributed by atoms with van der Waals surface area (Å²) in [7, 11) is 1.49. The van der Waals surface area contributed by atoms with Gasteiger partial charge in [-0.05, 0) is 29.6 Å². The van der Waals surface area contributed by atoms with Gasteiger partial charge in [-0.1, -0.05) is 35.2 Å². The Labute approximate surface area is 199 Å². The number of methoxy groups -OCH3 is 1. The number of hydrogen-bond donors (Lipinski definition) is 1. The molecule has 0 bridgehead atoms. The number of ether oxygens (including phenoxy) is 2. The lowest BCUT2D eigenvalue weighted by Crippen LogP contribution is -2.14. The summed E-state index contributed by atoms with van der Waals surface area (Å²) in [5, 5.41) is 12.8. The zero-order valence-electron chi connectivity index (χ0n) is 17.0. The van der Waals surface area contributed by atoms with Crippen molar-refractivity contribution in [3.05, 3.63) is 80.5 Å². The molecule has 0 aliphatic heterocycles. The van der Waals surface area contributed by atoms with Crippen molar-refractivity contribution in [2.45, 2.75) is 10.1 Å². The van der Waals surface area contributed by atoms with E-state index in [-0.39, 0.29) is 17.2 Å². The van der Waals surface area contributed by atoms with E-state index in [1.165, 1.54) is 53.7 Å². The van der Waals surface area contributed by atoms with E-state index in [0.29, 0.717) is 31.6 Å². The number of esters is 1. The third-order valence-electron chi connectivity index (χ3n) is 4.07. The number of thioether (sulfide) groups is 1. The molecule has 0 aliphatic carbocycles. The number of amides is 1. The summed E-state index contributed by atoms with van der Waals surface area (Å²) >= 11 is 3.83. The molecule has 33 heavy (non-hydrogen) atoms. The van der Waals surface area contributed by atoms with Crippen molar-refractivity contribution in [2.75, 3.05) is 12.4 Å². The van der Waals surface area contributed by atoms with Crippen molar-refractivity contribution in [3.8, 4) is 11.5 Å². The number of anilines is 1. The van der Waals surface area contributed by atoms with Gasteiger partial charge < -0.3 is 13.9 Å². The van der Waals surface area contributed by atoms with Crippen molar-refractivity contribution >= 4 is 51.4 Å². The van der Waals surface area contributed by atoms with Crippen molar-refractivity contribution in [2.24, 2.45) is 0 Å². The van der Waals surface area contributed by atoms with Gasteiger partial charge >= 0.3 is 5.97 Å². The summed E-state index contributed by atoms with van der Waals surface area (Å²) in [5.74, 6) is -0.00387. The number of hydrogen-bond acceptors (Lipinski definition) is 11. The SMILES string of the molecule is COc1cccc(C(=O)Oc2coc(CSc3nnc(NC(=O)c4cccs4)s3)cc2=O)c1. The molecule has 12 heteroatoms. The largest absolute Gasteiger partial charge is 0.497 e. The van der Waals surface area contributed by atoms with Crippen LogP contribution in [0.3, 0.4) is 0 Å². The van der Waals surface area contributed by atoms with Crippen LogP contribution in [0.1, 0.15) is 25.8 Å². The molecule has 0 fully saturated rings. The second-order valence-electron chi connectivity index (χ2n) is 6.29. The molecule has 4 rings (SSSR count). The lowest BCUT2D eigenvalue weighted by Gasteiger charge is -2.05. The average Bonchev–Trinajstić information content (AvgIpc) is 3.52. The van der Waals surface area contributed by atoms with E-state index in [0.717, 1.165) is 6.26 Å². The second kappa shape index (κ2) is 10.4. The Morgan fingerprint density at radius 1 is 1.18 bits per heavy atom. The smallest absolute Gasteiger partial charge is 0.343 e. The number of carbonyl (C=O) groups excluding carboxylic acids is 2. The molecule has 0 spiro atoms. The predicted molar refractivity (Wildman–Crippen MR) is 125 cm³/mol. The molecule has 0 atom stereocenters. The molecule has 9 nitrogen and oxygen atoms in total. The quantitative estimate of drug-likeness (QED) is 0.214. The van der Waals surface area contributed by atoms with Gasteiger partial charge in [-0.25, -0.2) is 4.79 Å². The topological polar surface area (TPSA) is 121 Å². The highest BCUT2D eigenvalue weighted by atomic mass is 32.2. The Balaban J connectivity index is 1.34. The normalized spacial score (nSPS) is 10.6. The summed E-state index contributed by atoms with van der Waals surface area (Å²) in [6, 6.07) is 11.2. The molecule has 0 aliphatic rings. The van der Waals surface area contributed by atoms with Crippen LogP contribution in [0, 0.1) is 0 Å². The van der Waals surface area contributed by atoms with Gasteiger partial charge in [0, 0.05) is 6.07 Å². The number of benzene rings is 1. The Bertz CT molecular complexity index is 1330. The molecule has 4 aromatic rings. The maximum Gasteiger partial charge on any atom is 0.343 e. The molecule has 0 unspecified atom stereocenters. The number of rotatable bonds is 8. The first kappa shape index (κ1) is 22.7. The van der Waals surface area contributed by atoms with Crippen molar-refractivity contribution in [1.29, 1.82) is 0 Å². The Hall–Kier alpha value is -3.48. The van der Waals surface area contributed by atoms with Crippen LogP contribution in [0.25, 0.3) is 0 Å². The van der Waals surface area contributed by atoms with Gasteiger partial charge in [0.1, 0.15) is 17.8 Å². The van der Waals surface area contributed by atoms with E-state index in [9.17, 15) is 14.4 Å². The van der Waals surface area contributed by atoms with E-state index < -0.39 is 11.4 Å².